The summed E-state index contributed by atoms with van der Waals surface area (Å²) in [6, 6.07) is 5.18. The molecule has 0 aromatic heterocycles. The minimum absolute atomic E-state index is 0.235. The number of hydrogen-bond donors (Lipinski definition) is 2. The van der Waals surface area contributed by atoms with E-state index in [-0.39, 0.29) is 18.6 Å². The molecule has 2 rings (SSSR count). The zero-order chi connectivity index (χ0) is 20.5. The van der Waals surface area contributed by atoms with E-state index in [1.165, 1.54) is 0 Å². The molecule has 156 valence electrons. The van der Waals surface area contributed by atoms with Crippen molar-refractivity contribution >= 4 is 12.0 Å². The predicted octanol–water partition coefficient (Wildman–Crippen LogP) is 3.83. The second-order valence-corrected chi connectivity index (χ2v) is 7.26. The summed E-state index contributed by atoms with van der Waals surface area (Å²) in [6.07, 6.45) is 4.59. The number of nitrogens with one attached hydrogen (secondary N) is 1. The van der Waals surface area contributed by atoms with Crippen LogP contribution in [0.15, 0.2) is 18.2 Å². The number of aliphatic carboxylic acids is 1. The summed E-state index contributed by atoms with van der Waals surface area (Å²) in [5, 5.41) is 12.1. The lowest BCUT2D eigenvalue weighted by atomic mass is 9.98. The van der Waals surface area contributed by atoms with Crippen molar-refractivity contribution in [3.8, 4) is 11.5 Å². The number of rotatable bonds is 9. The van der Waals surface area contributed by atoms with Crippen LogP contribution >= 0.6 is 0 Å². The Bertz CT molecular complexity index is 664. The standard InChI is InChI=1S/C21H32N2O5/c1-4-5-6-12-28-18-10-9-16(13-19(18)27-3)15(2)22-21(26)23-11-7-8-17(14-23)20(24)25/h9-10,13,15,17H,4-8,11-12,14H2,1-3H3,(H,22,26)(H,24,25). The van der Waals surface area contributed by atoms with Gasteiger partial charge in [-0.3, -0.25) is 4.79 Å². The van der Waals surface area contributed by atoms with E-state index in [2.05, 4.69) is 12.2 Å². The Kier molecular flexibility index (Phi) is 8.42. The Balaban J connectivity index is 1.96. The van der Waals surface area contributed by atoms with Gasteiger partial charge in [0.05, 0.1) is 25.7 Å². The minimum Gasteiger partial charge on any atom is -0.493 e. The van der Waals surface area contributed by atoms with Crippen LogP contribution in [0.1, 0.15) is 57.6 Å². The summed E-state index contributed by atoms with van der Waals surface area (Å²) in [5.41, 5.74) is 0.901. The zero-order valence-corrected chi connectivity index (χ0v) is 17.1. The number of hydrogen-bond acceptors (Lipinski definition) is 4. The summed E-state index contributed by atoms with van der Waals surface area (Å²) in [5.74, 6) is 0.00377. The molecule has 7 heteroatoms. The number of carbonyl (C=O) groups is 2. The first-order valence-corrected chi connectivity index (χ1v) is 10.0. The number of amides is 2. The molecule has 2 unspecified atom stereocenters. The van der Waals surface area contributed by atoms with Crippen molar-refractivity contribution in [3.63, 3.8) is 0 Å². The number of ether oxygens (including phenoxy) is 2. The van der Waals surface area contributed by atoms with Crippen molar-refractivity contribution in [3.05, 3.63) is 23.8 Å². The molecular weight excluding hydrogens is 360 g/mol. The minimum atomic E-state index is -0.843. The molecule has 2 atom stereocenters. The largest absolute Gasteiger partial charge is 0.493 e. The Hall–Kier alpha value is -2.44. The molecule has 2 N–H and O–H groups in total. The van der Waals surface area contributed by atoms with E-state index in [9.17, 15) is 14.7 Å². The fraction of sp³-hybridized carbons (Fsp3) is 0.619. The number of likely N-dealkylation sites (tertiary alicyclic amines) is 1. The first kappa shape index (κ1) is 21.9. The molecule has 1 aliphatic rings. The molecular formula is C21H32N2O5. The molecule has 0 saturated carbocycles. The highest BCUT2D eigenvalue weighted by molar-refractivity contribution is 5.77. The van der Waals surface area contributed by atoms with Gasteiger partial charge in [0.2, 0.25) is 0 Å². The quantitative estimate of drug-likeness (QED) is 0.624. The maximum atomic E-state index is 12.5. The first-order chi connectivity index (χ1) is 13.5. The number of methoxy groups -OCH3 is 1. The van der Waals surface area contributed by atoms with Crippen LogP contribution in [0.5, 0.6) is 11.5 Å². The molecule has 1 saturated heterocycles. The van der Waals surface area contributed by atoms with Gasteiger partial charge in [-0.25, -0.2) is 4.79 Å². The average molecular weight is 392 g/mol. The Labute approximate surface area is 167 Å². The molecule has 1 fully saturated rings. The highest BCUT2D eigenvalue weighted by atomic mass is 16.5. The lowest BCUT2D eigenvalue weighted by molar-refractivity contribution is -0.143. The smallest absolute Gasteiger partial charge is 0.317 e. The lowest BCUT2D eigenvalue weighted by Gasteiger charge is -2.31. The Morgan fingerprint density at radius 2 is 2.11 bits per heavy atom. The molecule has 2 amide bonds. The van der Waals surface area contributed by atoms with Crippen LogP contribution in [-0.4, -0.2) is 48.8 Å². The zero-order valence-electron chi connectivity index (χ0n) is 17.1. The van der Waals surface area contributed by atoms with Crippen LogP contribution in [0, 0.1) is 5.92 Å². The van der Waals surface area contributed by atoms with Crippen molar-refractivity contribution in [2.24, 2.45) is 5.92 Å². The van der Waals surface area contributed by atoms with E-state index in [1.807, 2.05) is 25.1 Å². The van der Waals surface area contributed by atoms with Crippen molar-refractivity contribution in [2.45, 2.75) is 52.0 Å². The van der Waals surface area contributed by atoms with Gasteiger partial charge in [0.25, 0.3) is 0 Å². The van der Waals surface area contributed by atoms with E-state index in [1.54, 1.807) is 12.0 Å². The number of carbonyl (C=O) groups excluding carboxylic acids is 1. The topological polar surface area (TPSA) is 88.1 Å². The Morgan fingerprint density at radius 1 is 1.32 bits per heavy atom. The van der Waals surface area contributed by atoms with Crippen LogP contribution in [0.25, 0.3) is 0 Å². The van der Waals surface area contributed by atoms with Crippen molar-refractivity contribution in [1.82, 2.24) is 10.2 Å². The summed E-state index contributed by atoms with van der Waals surface area (Å²) >= 11 is 0. The van der Waals surface area contributed by atoms with Crippen LogP contribution in [0.3, 0.4) is 0 Å². The number of carboxylic acid groups (broad SMARTS) is 1. The van der Waals surface area contributed by atoms with Crippen LogP contribution in [0.2, 0.25) is 0 Å². The van der Waals surface area contributed by atoms with E-state index < -0.39 is 11.9 Å². The maximum Gasteiger partial charge on any atom is 0.317 e. The normalized spacial score (nSPS) is 17.7. The molecule has 1 aromatic rings. The van der Waals surface area contributed by atoms with Gasteiger partial charge >= 0.3 is 12.0 Å². The van der Waals surface area contributed by atoms with Gasteiger partial charge in [-0.05, 0) is 43.9 Å². The second-order valence-electron chi connectivity index (χ2n) is 7.26. The predicted molar refractivity (Wildman–Crippen MR) is 107 cm³/mol. The SMILES string of the molecule is CCCCCOc1ccc(C(C)NC(=O)N2CCCC(C(=O)O)C2)cc1OC. The molecule has 1 heterocycles. The molecule has 0 bridgehead atoms. The molecule has 7 nitrogen and oxygen atoms in total. The second kappa shape index (κ2) is 10.8. The van der Waals surface area contributed by atoms with Crippen molar-refractivity contribution in [1.29, 1.82) is 0 Å². The van der Waals surface area contributed by atoms with Crippen molar-refractivity contribution in [2.75, 3.05) is 26.8 Å². The van der Waals surface area contributed by atoms with Gasteiger partial charge in [0.1, 0.15) is 0 Å². The summed E-state index contributed by atoms with van der Waals surface area (Å²) in [4.78, 5) is 25.3. The summed E-state index contributed by atoms with van der Waals surface area (Å²) < 4.78 is 11.2. The van der Waals surface area contributed by atoms with Gasteiger partial charge in [-0.2, -0.15) is 0 Å². The molecule has 0 aliphatic carbocycles. The van der Waals surface area contributed by atoms with Crippen LogP contribution in [0.4, 0.5) is 4.79 Å². The number of urea groups is 1. The number of carboxylic acids is 1. The van der Waals surface area contributed by atoms with Gasteiger partial charge in [-0.1, -0.05) is 25.8 Å². The van der Waals surface area contributed by atoms with Gasteiger partial charge in [0.15, 0.2) is 11.5 Å². The number of unbranched alkanes of at least 4 members (excludes halogenated alkanes) is 2. The molecule has 0 radical (unpaired) electrons. The molecule has 1 aromatic carbocycles. The van der Waals surface area contributed by atoms with E-state index >= 15 is 0 Å². The summed E-state index contributed by atoms with van der Waals surface area (Å²) in [7, 11) is 1.60. The van der Waals surface area contributed by atoms with Crippen molar-refractivity contribution < 1.29 is 24.2 Å². The number of nitrogens with zero attached hydrogens (tertiary/aromatic N) is 1. The van der Waals surface area contributed by atoms with Crippen LogP contribution in [-0.2, 0) is 4.79 Å². The fourth-order valence-electron chi connectivity index (χ4n) is 3.33. The van der Waals surface area contributed by atoms with E-state index in [0.717, 1.165) is 24.8 Å². The molecule has 28 heavy (non-hydrogen) atoms. The molecule has 1 aliphatic heterocycles. The highest BCUT2D eigenvalue weighted by Gasteiger charge is 2.28. The third-order valence-corrected chi connectivity index (χ3v) is 5.09. The van der Waals surface area contributed by atoms with E-state index in [4.69, 9.17) is 9.47 Å². The first-order valence-electron chi connectivity index (χ1n) is 10.0. The average Bonchev–Trinajstić information content (AvgIpc) is 2.71. The monoisotopic (exact) mass is 392 g/mol. The third kappa shape index (κ3) is 6.04. The van der Waals surface area contributed by atoms with Gasteiger partial charge in [-0.15, -0.1) is 0 Å². The van der Waals surface area contributed by atoms with Gasteiger partial charge in [0, 0.05) is 13.1 Å². The number of benzene rings is 1. The van der Waals surface area contributed by atoms with Crippen LogP contribution < -0.4 is 14.8 Å². The van der Waals surface area contributed by atoms with Gasteiger partial charge < -0.3 is 24.8 Å². The van der Waals surface area contributed by atoms with E-state index in [0.29, 0.717) is 37.5 Å². The fourth-order valence-corrected chi connectivity index (χ4v) is 3.33. The Morgan fingerprint density at radius 3 is 2.79 bits per heavy atom. The molecule has 0 spiro atoms. The summed E-state index contributed by atoms with van der Waals surface area (Å²) in [6.45, 7) is 5.53. The highest BCUT2D eigenvalue weighted by Crippen LogP contribution is 2.30. The lowest BCUT2D eigenvalue weighted by Crippen LogP contribution is -2.47. The maximum absolute atomic E-state index is 12.5. The third-order valence-electron chi connectivity index (χ3n) is 5.09. The number of piperidine rings is 1.